The van der Waals surface area contributed by atoms with Crippen LogP contribution in [0.3, 0.4) is 0 Å². The number of aliphatic hydroxyl groups is 1. The van der Waals surface area contributed by atoms with Crippen LogP contribution in [0.15, 0.2) is 0 Å². The molecule has 0 atom stereocenters. The zero-order valence-corrected chi connectivity index (χ0v) is 7.88. The molecule has 0 aromatic carbocycles. The van der Waals surface area contributed by atoms with Gasteiger partial charge in [0.1, 0.15) is 0 Å². The molecule has 0 aliphatic carbocycles. The summed E-state index contributed by atoms with van der Waals surface area (Å²) in [6.07, 6.45) is 0. The van der Waals surface area contributed by atoms with Crippen molar-refractivity contribution >= 4 is 7.12 Å². The van der Waals surface area contributed by atoms with E-state index in [4.69, 9.17) is 9.68 Å². The van der Waals surface area contributed by atoms with E-state index in [1.807, 2.05) is 0 Å². The molecule has 0 spiro atoms. The highest BCUT2D eigenvalue weighted by Crippen LogP contribution is 2.25. The Balaban J connectivity index is 4.22. The molecule has 11 heavy (non-hydrogen) atoms. The fraction of sp³-hybridized carbons (Fsp3) is 1.00. The van der Waals surface area contributed by atoms with Gasteiger partial charge in [-0.3, -0.25) is 0 Å². The third-order valence-electron chi connectivity index (χ3n) is 1.94. The Labute approximate surface area is 68.5 Å². The van der Waals surface area contributed by atoms with E-state index in [9.17, 15) is 5.11 Å². The van der Waals surface area contributed by atoms with E-state index in [-0.39, 0.29) is 0 Å². The lowest BCUT2D eigenvalue weighted by atomic mass is 9.85. The molecule has 0 aromatic heterocycles. The van der Waals surface area contributed by atoms with Crippen LogP contribution in [0.2, 0.25) is 6.82 Å². The van der Waals surface area contributed by atoms with Gasteiger partial charge in [-0.15, -0.1) is 0 Å². The number of rotatable bonds is 3. The summed E-state index contributed by atoms with van der Waals surface area (Å²) in [4.78, 5) is 0. The average Bonchev–Trinajstić information content (AvgIpc) is 1.56. The van der Waals surface area contributed by atoms with Gasteiger partial charge >= 0.3 is 7.12 Å². The summed E-state index contributed by atoms with van der Waals surface area (Å²) in [6.45, 7) is 8.29. The predicted octanol–water partition coefficient (Wildman–Crippen LogP) is 0.663. The molecule has 66 valence electrons. The van der Waals surface area contributed by atoms with Crippen LogP contribution in [0.1, 0.15) is 27.7 Å². The fourth-order valence-corrected chi connectivity index (χ4v) is 0.571. The molecule has 0 fully saturated rings. The van der Waals surface area contributed by atoms with E-state index >= 15 is 0 Å². The van der Waals surface area contributed by atoms with Crippen molar-refractivity contribution in [2.75, 3.05) is 0 Å². The van der Waals surface area contributed by atoms with Gasteiger partial charge in [-0.1, -0.05) is 0 Å². The quantitative estimate of drug-likeness (QED) is 0.596. The highest BCUT2D eigenvalue weighted by Gasteiger charge is 2.37. The molecule has 0 aliphatic rings. The van der Waals surface area contributed by atoms with Crippen LogP contribution in [0.5, 0.6) is 0 Å². The third kappa shape index (κ3) is 3.23. The minimum absolute atomic E-state index is 0.735. The second-order valence-electron chi connectivity index (χ2n) is 3.79. The van der Waals surface area contributed by atoms with E-state index in [2.05, 4.69) is 0 Å². The molecular formula is C7H17BO3. The Hall–Kier alpha value is -0.0551. The van der Waals surface area contributed by atoms with Gasteiger partial charge in [-0.05, 0) is 34.5 Å². The van der Waals surface area contributed by atoms with Gasteiger partial charge in [0.15, 0.2) is 0 Å². The first-order chi connectivity index (χ1) is 4.67. The molecule has 2 N–H and O–H groups in total. The second-order valence-corrected chi connectivity index (χ2v) is 3.79. The lowest BCUT2D eigenvalue weighted by Crippen LogP contribution is -2.49. The van der Waals surface area contributed by atoms with Crippen LogP contribution >= 0.6 is 0 Å². The maximum absolute atomic E-state index is 9.56. The summed E-state index contributed by atoms with van der Waals surface area (Å²) in [5.74, 6) is 0. The monoisotopic (exact) mass is 160 g/mol. The first-order valence-corrected chi connectivity index (χ1v) is 3.75. The van der Waals surface area contributed by atoms with Crippen LogP contribution in [0, 0.1) is 0 Å². The zero-order chi connectivity index (χ0) is 9.28. The van der Waals surface area contributed by atoms with E-state index < -0.39 is 18.3 Å². The van der Waals surface area contributed by atoms with Gasteiger partial charge in [-0.2, -0.15) is 0 Å². The van der Waals surface area contributed by atoms with Crippen molar-refractivity contribution < 1.29 is 14.8 Å². The molecule has 0 rings (SSSR count). The Bertz CT molecular complexity index is 126. The smallest absolute Gasteiger partial charge is 0.427 e. The van der Waals surface area contributed by atoms with E-state index in [1.165, 1.54) is 6.82 Å². The summed E-state index contributed by atoms with van der Waals surface area (Å²) in [5, 5.41) is 18.5. The summed E-state index contributed by atoms with van der Waals surface area (Å²) in [7, 11) is -0.851. The van der Waals surface area contributed by atoms with Gasteiger partial charge in [0, 0.05) is 0 Å². The molecule has 0 amide bonds. The highest BCUT2D eigenvalue weighted by atomic mass is 16.5. The maximum atomic E-state index is 9.56. The van der Waals surface area contributed by atoms with Gasteiger partial charge in [0.25, 0.3) is 0 Å². The maximum Gasteiger partial charge on any atom is 0.451 e. The lowest BCUT2D eigenvalue weighted by Gasteiger charge is -2.37. The van der Waals surface area contributed by atoms with Gasteiger partial charge < -0.3 is 14.8 Å². The van der Waals surface area contributed by atoms with Crippen molar-refractivity contribution in [3.63, 3.8) is 0 Å². The van der Waals surface area contributed by atoms with Crippen molar-refractivity contribution in [1.82, 2.24) is 0 Å². The molecule has 0 aliphatic heterocycles. The Morgan fingerprint density at radius 1 is 1.18 bits per heavy atom. The number of hydrogen-bond acceptors (Lipinski definition) is 3. The molecule has 0 unspecified atom stereocenters. The molecule has 3 nitrogen and oxygen atoms in total. The fourth-order valence-electron chi connectivity index (χ4n) is 0.571. The van der Waals surface area contributed by atoms with E-state index in [0.29, 0.717) is 0 Å². The minimum Gasteiger partial charge on any atom is -0.427 e. The van der Waals surface area contributed by atoms with Crippen molar-refractivity contribution in [1.29, 1.82) is 0 Å². The molecule has 4 heteroatoms. The highest BCUT2D eigenvalue weighted by molar-refractivity contribution is 6.40. The largest absolute Gasteiger partial charge is 0.451 e. The summed E-state index contributed by atoms with van der Waals surface area (Å²) in [6, 6.07) is 0. The number of hydrogen-bond donors (Lipinski definition) is 2. The van der Waals surface area contributed by atoms with Gasteiger partial charge in [-0.25, -0.2) is 0 Å². The first-order valence-electron chi connectivity index (χ1n) is 3.75. The third-order valence-corrected chi connectivity index (χ3v) is 1.94. The van der Waals surface area contributed by atoms with Gasteiger partial charge in [0.05, 0.1) is 11.2 Å². The van der Waals surface area contributed by atoms with Gasteiger partial charge in [0.2, 0.25) is 0 Å². The Kier molecular flexibility index (Phi) is 3.11. The van der Waals surface area contributed by atoms with Crippen molar-refractivity contribution in [3.05, 3.63) is 0 Å². The minimum atomic E-state index is -0.954. The molecule has 0 saturated heterocycles. The van der Waals surface area contributed by atoms with Crippen LogP contribution in [0.25, 0.3) is 0 Å². The van der Waals surface area contributed by atoms with Crippen LogP contribution < -0.4 is 0 Å². The molecule has 0 radical (unpaired) electrons. The van der Waals surface area contributed by atoms with Crippen molar-refractivity contribution in [2.24, 2.45) is 0 Å². The SMILES string of the molecule is CB(O)OC(C)(C)C(C)(C)O. The Morgan fingerprint density at radius 2 is 1.55 bits per heavy atom. The van der Waals surface area contributed by atoms with Crippen LogP contribution in [-0.2, 0) is 4.65 Å². The molecule has 0 saturated carbocycles. The molecule has 0 bridgehead atoms. The molecule has 0 heterocycles. The van der Waals surface area contributed by atoms with E-state index in [1.54, 1.807) is 27.7 Å². The lowest BCUT2D eigenvalue weighted by molar-refractivity contribution is -0.0992. The molecule has 0 aromatic rings. The summed E-state index contributed by atoms with van der Waals surface area (Å²) >= 11 is 0. The normalized spacial score (nSPS) is 13.4. The average molecular weight is 160 g/mol. The standard InChI is InChI=1S/C7H17BO3/c1-6(2,9)7(3,4)11-8(5)10/h9-10H,1-5H3. The summed E-state index contributed by atoms with van der Waals surface area (Å²) < 4.78 is 5.11. The Morgan fingerprint density at radius 3 is 1.64 bits per heavy atom. The van der Waals surface area contributed by atoms with Crippen LogP contribution in [-0.4, -0.2) is 28.5 Å². The summed E-state index contributed by atoms with van der Waals surface area (Å²) in [5.41, 5.74) is -1.69. The van der Waals surface area contributed by atoms with Crippen LogP contribution in [0.4, 0.5) is 0 Å². The zero-order valence-electron chi connectivity index (χ0n) is 7.88. The van der Waals surface area contributed by atoms with Crippen molar-refractivity contribution in [3.8, 4) is 0 Å². The molecular weight excluding hydrogens is 143 g/mol. The topological polar surface area (TPSA) is 49.7 Å². The first kappa shape index (κ1) is 10.9. The predicted molar refractivity (Wildman–Crippen MR) is 45.3 cm³/mol. The van der Waals surface area contributed by atoms with E-state index in [0.717, 1.165) is 0 Å². The second kappa shape index (κ2) is 3.13. The van der Waals surface area contributed by atoms with Crippen molar-refractivity contribution in [2.45, 2.75) is 45.7 Å².